The Hall–Kier alpha value is -0.180. The molecule has 0 nitrogen and oxygen atoms in total. The second kappa shape index (κ2) is 3.52. The van der Waals surface area contributed by atoms with Crippen molar-refractivity contribution in [2.45, 2.75) is 11.8 Å². The second-order valence-corrected chi connectivity index (χ2v) is 5.01. The Morgan fingerprint density at radius 1 is 1.38 bits per heavy atom. The van der Waals surface area contributed by atoms with Gasteiger partial charge in [0.2, 0.25) is 0 Å². The van der Waals surface area contributed by atoms with Crippen LogP contribution in [0.2, 0.25) is 5.02 Å². The van der Waals surface area contributed by atoms with Gasteiger partial charge < -0.3 is 0 Å². The highest BCUT2D eigenvalue weighted by atomic mass is 35.5. The molecule has 0 saturated heterocycles. The van der Waals surface area contributed by atoms with E-state index in [0.717, 1.165) is 5.02 Å². The average Bonchev–Trinajstić information content (AvgIpc) is 2.51. The minimum Gasteiger partial charge on any atom is -0.142 e. The summed E-state index contributed by atoms with van der Waals surface area (Å²) in [5.41, 5.74) is 1.33. The Labute approximate surface area is 90.9 Å². The number of halogens is 1. The maximum Gasteiger partial charge on any atom is 0.0585 e. The zero-order chi connectivity index (χ0) is 9.42. The van der Waals surface area contributed by atoms with Crippen LogP contribution in [0.3, 0.4) is 0 Å². The first-order chi connectivity index (χ1) is 6.24. The summed E-state index contributed by atoms with van der Waals surface area (Å²) in [5, 5.41) is 4.35. The van der Waals surface area contributed by atoms with Crippen LogP contribution in [0.4, 0.5) is 0 Å². The van der Waals surface area contributed by atoms with Gasteiger partial charge in [-0.1, -0.05) is 11.6 Å². The Bertz CT molecular complexity index is 445. The minimum atomic E-state index is 0.867. The Morgan fingerprint density at radius 2 is 2.15 bits per heavy atom. The van der Waals surface area contributed by atoms with E-state index in [0.29, 0.717) is 0 Å². The van der Waals surface area contributed by atoms with Crippen molar-refractivity contribution in [1.82, 2.24) is 0 Å². The van der Waals surface area contributed by atoms with Crippen LogP contribution in [0.25, 0.3) is 10.1 Å². The van der Waals surface area contributed by atoms with Crippen LogP contribution in [0.5, 0.6) is 0 Å². The van der Waals surface area contributed by atoms with Gasteiger partial charge in [-0.15, -0.1) is 23.1 Å². The molecule has 68 valence electrons. The number of hydrogen-bond acceptors (Lipinski definition) is 2. The molecule has 0 aliphatic heterocycles. The first-order valence-electron chi connectivity index (χ1n) is 3.94. The summed E-state index contributed by atoms with van der Waals surface area (Å²) in [4.78, 5) is 1.32. The molecule has 0 fully saturated rings. The molecule has 1 aromatic carbocycles. The van der Waals surface area contributed by atoms with Gasteiger partial charge in [-0.05, 0) is 36.3 Å². The number of benzene rings is 1. The lowest BCUT2D eigenvalue weighted by Crippen LogP contribution is -1.75. The van der Waals surface area contributed by atoms with E-state index >= 15 is 0 Å². The summed E-state index contributed by atoms with van der Waals surface area (Å²) in [7, 11) is 0. The van der Waals surface area contributed by atoms with E-state index in [9.17, 15) is 0 Å². The smallest absolute Gasteiger partial charge is 0.0585 e. The van der Waals surface area contributed by atoms with Crippen molar-refractivity contribution in [1.29, 1.82) is 0 Å². The van der Waals surface area contributed by atoms with Crippen molar-refractivity contribution >= 4 is 44.8 Å². The summed E-state index contributed by atoms with van der Waals surface area (Å²) in [6.45, 7) is 2.13. The number of rotatable bonds is 1. The van der Waals surface area contributed by atoms with Gasteiger partial charge >= 0.3 is 0 Å². The van der Waals surface area contributed by atoms with Crippen molar-refractivity contribution in [3.8, 4) is 0 Å². The third-order valence-corrected chi connectivity index (χ3v) is 4.38. The van der Waals surface area contributed by atoms with Crippen LogP contribution in [0, 0.1) is 6.92 Å². The number of aryl methyl sites for hydroxylation is 1. The molecular weight excluding hydrogens is 220 g/mol. The normalized spacial score (nSPS) is 11.0. The molecule has 2 rings (SSSR count). The van der Waals surface area contributed by atoms with Gasteiger partial charge in [0.25, 0.3) is 0 Å². The third kappa shape index (κ3) is 1.47. The van der Waals surface area contributed by atoms with Gasteiger partial charge in [0.15, 0.2) is 0 Å². The van der Waals surface area contributed by atoms with Crippen molar-refractivity contribution in [2.24, 2.45) is 0 Å². The van der Waals surface area contributed by atoms with Crippen molar-refractivity contribution in [3.63, 3.8) is 0 Å². The molecule has 0 amide bonds. The van der Waals surface area contributed by atoms with E-state index in [1.54, 1.807) is 23.1 Å². The monoisotopic (exact) mass is 228 g/mol. The molecule has 3 heteroatoms. The molecule has 1 aromatic heterocycles. The topological polar surface area (TPSA) is 0 Å². The SMILES string of the molecule is CSc1ccc(Cl)c2scc(C)c12. The summed E-state index contributed by atoms with van der Waals surface area (Å²) in [6.07, 6.45) is 2.10. The molecule has 0 N–H and O–H groups in total. The van der Waals surface area contributed by atoms with Gasteiger partial charge in [0, 0.05) is 10.3 Å². The van der Waals surface area contributed by atoms with E-state index in [4.69, 9.17) is 11.6 Å². The molecule has 0 radical (unpaired) electrons. The zero-order valence-electron chi connectivity index (χ0n) is 7.43. The number of thioether (sulfide) groups is 1. The first kappa shape index (κ1) is 9.38. The minimum absolute atomic E-state index is 0.867. The zero-order valence-corrected chi connectivity index (χ0v) is 9.82. The van der Waals surface area contributed by atoms with Gasteiger partial charge in [0.05, 0.1) is 9.72 Å². The summed E-state index contributed by atoms with van der Waals surface area (Å²) < 4.78 is 1.21. The molecule has 1 heterocycles. The lowest BCUT2D eigenvalue weighted by Gasteiger charge is -2.01. The van der Waals surface area contributed by atoms with Crippen molar-refractivity contribution in [3.05, 3.63) is 28.1 Å². The van der Waals surface area contributed by atoms with E-state index in [2.05, 4.69) is 24.6 Å². The van der Waals surface area contributed by atoms with E-state index < -0.39 is 0 Å². The van der Waals surface area contributed by atoms with Gasteiger partial charge in [0.1, 0.15) is 0 Å². The maximum absolute atomic E-state index is 6.10. The van der Waals surface area contributed by atoms with E-state index in [-0.39, 0.29) is 0 Å². The third-order valence-electron chi connectivity index (χ3n) is 2.04. The lowest BCUT2D eigenvalue weighted by atomic mass is 10.2. The molecule has 0 aliphatic carbocycles. The Kier molecular flexibility index (Phi) is 2.54. The summed E-state index contributed by atoms with van der Waals surface area (Å²) >= 11 is 9.60. The largest absolute Gasteiger partial charge is 0.142 e. The fraction of sp³-hybridized carbons (Fsp3) is 0.200. The molecule has 0 saturated carbocycles. The van der Waals surface area contributed by atoms with E-state index in [1.807, 2.05) is 6.07 Å². The quantitative estimate of drug-likeness (QED) is 0.644. The van der Waals surface area contributed by atoms with Gasteiger partial charge in [-0.3, -0.25) is 0 Å². The molecule has 0 unspecified atom stereocenters. The van der Waals surface area contributed by atoms with Crippen molar-refractivity contribution in [2.75, 3.05) is 6.26 Å². The average molecular weight is 229 g/mol. The van der Waals surface area contributed by atoms with E-state index in [1.165, 1.54) is 20.5 Å². The highest BCUT2D eigenvalue weighted by molar-refractivity contribution is 7.98. The highest BCUT2D eigenvalue weighted by Gasteiger charge is 2.08. The summed E-state index contributed by atoms with van der Waals surface area (Å²) in [5.74, 6) is 0. The fourth-order valence-corrected chi connectivity index (χ4v) is 3.41. The molecular formula is C10H9ClS2. The first-order valence-corrected chi connectivity index (χ1v) is 6.42. The Morgan fingerprint density at radius 3 is 2.85 bits per heavy atom. The van der Waals surface area contributed by atoms with Crippen LogP contribution in [0.1, 0.15) is 5.56 Å². The molecule has 13 heavy (non-hydrogen) atoms. The molecule has 2 aromatic rings. The van der Waals surface area contributed by atoms with Crippen LogP contribution in [-0.4, -0.2) is 6.26 Å². The molecule has 0 aliphatic rings. The predicted molar refractivity (Wildman–Crippen MR) is 63.4 cm³/mol. The summed E-state index contributed by atoms with van der Waals surface area (Å²) in [6, 6.07) is 4.07. The van der Waals surface area contributed by atoms with Gasteiger partial charge in [-0.2, -0.15) is 0 Å². The molecule has 0 spiro atoms. The number of thiophene rings is 1. The second-order valence-electron chi connectivity index (χ2n) is 2.87. The van der Waals surface area contributed by atoms with Crippen LogP contribution in [-0.2, 0) is 0 Å². The lowest BCUT2D eigenvalue weighted by molar-refractivity contribution is 1.50. The molecule has 0 atom stereocenters. The highest BCUT2D eigenvalue weighted by Crippen LogP contribution is 2.37. The van der Waals surface area contributed by atoms with Crippen LogP contribution < -0.4 is 0 Å². The van der Waals surface area contributed by atoms with Crippen molar-refractivity contribution < 1.29 is 0 Å². The van der Waals surface area contributed by atoms with Gasteiger partial charge in [-0.25, -0.2) is 0 Å². The predicted octanol–water partition coefficient (Wildman–Crippen LogP) is 4.59. The van der Waals surface area contributed by atoms with Crippen LogP contribution >= 0.6 is 34.7 Å². The number of fused-ring (bicyclic) bond motifs is 1. The molecule has 0 bridgehead atoms. The Balaban J connectivity index is 2.88. The van der Waals surface area contributed by atoms with Crippen LogP contribution in [0.15, 0.2) is 22.4 Å². The number of hydrogen-bond donors (Lipinski definition) is 0. The standard InChI is InChI=1S/C10H9ClS2/c1-6-5-13-10-7(11)3-4-8(12-2)9(6)10/h3-5H,1-2H3. The maximum atomic E-state index is 6.10. The fourth-order valence-electron chi connectivity index (χ4n) is 1.40.